The van der Waals surface area contributed by atoms with Crippen LogP contribution in [0.15, 0.2) is 35.4 Å². The van der Waals surface area contributed by atoms with Crippen molar-refractivity contribution < 1.29 is 28.6 Å². The summed E-state index contributed by atoms with van der Waals surface area (Å²) >= 11 is 0. The molecule has 1 unspecified atom stereocenters. The van der Waals surface area contributed by atoms with E-state index in [1.165, 1.54) is 33.9 Å². The van der Waals surface area contributed by atoms with E-state index < -0.39 is 36.2 Å². The number of nitrogens with zero attached hydrogens (tertiary/aromatic N) is 1. The first-order valence-corrected chi connectivity index (χ1v) is 7.65. The fourth-order valence-electron chi connectivity index (χ4n) is 2.02. The molecular formula is C17H22N2O6. The summed E-state index contributed by atoms with van der Waals surface area (Å²) in [5.41, 5.74) is 3.49. The van der Waals surface area contributed by atoms with Crippen LogP contribution in [0.2, 0.25) is 0 Å². The number of hydrazone groups is 1. The first kappa shape index (κ1) is 20.1. The van der Waals surface area contributed by atoms with Gasteiger partial charge in [-0.15, -0.1) is 0 Å². The molecule has 1 N–H and O–H groups in total. The van der Waals surface area contributed by atoms with E-state index in [0.29, 0.717) is 0 Å². The summed E-state index contributed by atoms with van der Waals surface area (Å²) in [6.45, 7) is 5.18. The third-order valence-corrected chi connectivity index (χ3v) is 2.93. The van der Waals surface area contributed by atoms with Crippen molar-refractivity contribution in [3.8, 4) is 0 Å². The Kier molecular flexibility index (Phi) is 8.11. The van der Waals surface area contributed by atoms with Gasteiger partial charge in [-0.1, -0.05) is 18.2 Å². The average Bonchev–Trinajstić information content (AvgIpc) is 2.51. The molecule has 0 aliphatic carbocycles. The highest BCUT2D eigenvalue weighted by Gasteiger charge is 2.33. The zero-order valence-corrected chi connectivity index (χ0v) is 14.6. The van der Waals surface area contributed by atoms with Gasteiger partial charge in [0.2, 0.25) is 0 Å². The molecule has 1 rings (SSSR count). The lowest BCUT2D eigenvalue weighted by atomic mass is 10.1. The summed E-state index contributed by atoms with van der Waals surface area (Å²) < 4.78 is 15.4. The summed E-state index contributed by atoms with van der Waals surface area (Å²) in [5, 5.41) is 4.00. The fraction of sp³-hybridized carbons (Fsp3) is 0.412. The lowest BCUT2D eigenvalue weighted by molar-refractivity contribution is -0.175. The van der Waals surface area contributed by atoms with Crippen molar-refractivity contribution in [2.75, 3.05) is 5.43 Å². The monoisotopic (exact) mass is 350 g/mol. The molecule has 3 atom stereocenters. The molecular weight excluding hydrogens is 328 g/mol. The Balaban J connectivity index is 2.94. The second kappa shape index (κ2) is 10.1. The van der Waals surface area contributed by atoms with Crippen LogP contribution in [-0.4, -0.2) is 42.4 Å². The molecule has 8 nitrogen and oxygen atoms in total. The predicted octanol–water partition coefficient (Wildman–Crippen LogP) is 1.90. The van der Waals surface area contributed by atoms with Gasteiger partial charge >= 0.3 is 17.9 Å². The topological polar surface area (TPSA) is 103 Å². The highest BCUT2D eigenvalue weighted by atomic mass is 16.6. The normalized spacial score (nSPS) is 14.2. The molecule has 0 fully saturated rings. The number of hydrogen-bond donors (Lipinski definition) is 1. The average molecular weight is 350 g/mol. The first-order valence-electron chi connectivity index (χ1n) is 7.65. The third-order valence-electron chi connectivity index (χ3n) is 2.93. The van der Waals surface area contributed by atoms with Crippen LogP contribution in [0.25, 0.3) is 0 Å². The molecule has 0 saturated heterocycles. The van der Waals surface area contributed by atoms with Crippen molar-refractivity contribution in [1.29, 1.82) is 0 Å². The zero-order chi connectivity index (χ0) is 18.8. The maximum absolute atomic E-state index is 11.4. The summed E-state index contributed by atoms with van der Waals surface area (Å²) in [5.74, 6) is -1.75. The minimum absolute atomic E-state index is 0.550. The van der Waals surface area contributed by atoms with Crippen LogP contribution in [0.5, 0.6) is 0 Å². The Labute approximate surface area is 146 Å². The number of carbonyl (C=O) groups excluding carboxylic acids is 3. The molecule has 0 saturated carbocycles. The quantitative estimate of drug-likeness (QED) is 0.330. The van der Waals surface area contributed by atoms with E-state index in [2.05, 4.69) is 10.5 Å². The molecule has 136 valence electrons. The largest absolute Gasteiger partial charge is 0.459 e. The molecule has 1 aromatic rings. The zero-order valence-electron chi connectivity index (χ0n) is 14.6. The molecule has 1 aromatic carbocycles. The van der Waals surface area contributed by atoms with Gasteiger partial charge in [0.1, 0.15) is 6.10 Å². The predicted molar refractivity (Wildman–Crippen MR) is 90.9 cm³/mol. The van der Waals surface area contributed by atoms with Crippen LogP contribution >= 0.6 is 0 Å². The Morgan fingerprint density at radius 1 is 0.960 bits per heavy atom. The van der Waals surface area contributed by atoms with Gasteiger partial charge in [-0.2, -0.15) is 5.10 Å². The standard InChI is InChI=1S/C17H22N2O6/c1-11(23-12(2)20)17(25-14(4)22)16(24-13(3)21)10-18-19-15-8-6-5-7-9-15/h5-11,16-17,19H,1-4H3/b18-10+/t11?,16-,17-/m0/s1. The minimum atomic E-state index is -1.04. The summed E-state index contributed by atoms with van der Waals surface area (Å²) in [7, 11) is 0. The molecule has 0 aliphatic rings. The lowest BCUT2D eigenvalue weighted by Crippen LogP contribution is -2.44. The van der Waals surface area contributed by atoms with Gasteiger partial charge in [-0.3, -0.25) is 19.8 Å². The SMILES string of the molecule is CC(=O)OC(C)[C@H](OC(C)=O)[C@H](/C=N/Nc1ccccc1)OC(C)=O. The van der Waals surface area contributed by atoms with Crippen LogP contribution in [0, 0.1) is 0 Å². The molecule has 0 spiro atoms. The maximum atomic E-state index is 11.4. The first-order chi connectivity index (χ1) is 11.8. The van der Waals surface area contributed by atoms with Crippen LogP contribution in [0.1, 0.15) is 27.7 Å². The second-order valence-corrected chi connectivity index (χ2v) is 5.22. The highest BCUT2D eigenvalue weighted by molar-refractivity contribution is 5.74. The number of rotatable bonds is 8. The Hall–Kier alpha value is -2.90. The van der Waals surface area contributed by atoms with Crippen molar-refractivity contribution >= 4 is 29.8 Å². The van der Waals surface area contributed by atoms with Crippen molar-refractivity contribution in [1.82, 2.24) is 0 Å². The number of carbonyl (C=O) groups is 3. The van der Waals surface area contributed by atoms with E-state index in [0.717, 1.165) is 5.69 Å². The summed E-state index contributed by atoms with van der Waals surface area (Å²) in [6, 6.07) is 9.10. The molecule has 0 bridgehead atoms. The van der Waals surface area contributed by atoms with Gasteiger partial charge in [0.25, 0.3) is 0 Å². The minimum Gasteiger partial charge on any atom is -0.459 e. The molecule has 8 heteroatoms. The van der Waals surface area contributed by atoms with Crippen LogP contribution in [-0.2, 0) is 28.6 Å². The molecule has 0 heterocycles. The number of benzene rings is 1. The molecule has 25 heavy (non-hydrogen) atoms. The van der Waals surface area contributed by atoms with Crippen LogP contribution < -0.4 is 5.43 Å². The number of esters is 3. The molecule has 0 aromatic heterocycles. The van der Waals surface area contributed by atoms with Gasteiger partial charge in [0.15, 0.2) is 12.2 Å². The third kappa shape index (κ3) is 7.96. The molecule has 0 radical (unpaired) electrons. The van der Waals surface area contributed by atoms with E-state index in [4.69, 9.17) is 14.2 Å². The number of nitrogens with one attached hydrogen (secondary N) is 1. The van der Waals surface area contributed by atoms with Gasteiger partial charge in [-0.25, -0.2) is 0 Å². The number of ether oxygens (including phenoxy) is 3. The summed E-state index contributed by atoms with van der Waals surface area (Å²) in [4.78, 5) is 33.9. The van der Waals surface area contributed by atoms with E-state index in [-0.39, 0.29) is 0 Å². The van der Waals surface area contributed by atoms with E-state index in [1.807, 2.05) is 18.2 Å². The molecule has 0 amide bonds. The van der Waals surface area contributed by atoms with Gasteiger partial charge < -0.3 is 14.2 Å². The van der Waals surface area contributed by atoms with Gasteiger partial charge in [0, 0.05) is 20.8 Å². The summed E-state index contributed by atoms with van der Waals surface area (Å²) in [6.07, 6.45) is -1.63. The van der Waals surface area contributed by atoms with E-state index >= 15 is 0 Å². The fourth-order valence-corrected chi connectivity index (χ4v) is 2.02. The van der Waals surface area contributed by atoms with Crippen molar-refractivity contribution in [2.24, 2.45) is 5.10 Å². The van der Waals surface area contributed by atoms with Gasteiger partial charge in [-0.05, 0) is 19.1 Å². The van der Waals surface area contributed by atoms with Crippen LogP contribution in [0.4, 0.5) is 5.69 Å². The van der Waals surface area contributed by atoms with Gasteiger partial charge in [0.05, 0.1) is 11.9 Å². The van der Waals surface area contributed by atoms with Crippen molar-refractivity contribution in [2.45, 2.75) is 46.0 Å². The smallest absolute Gasteiger partial charge is 0.303 e. The van der Waals surface area contributed by atoms with Crippen molar-refractivity contribution in [3.63, 3.8) is 0 Å². The number of para-hydroxylation sites is 1. The second-order valence-electron chi connectivity index (χ2n) is 5.22. The van der Waals surface area contributed by atoms with E-state index in [9.17, 15) is 14.4 Å². The Bertz CT molecular complexity index is 617. The Morgan fingerprint density at radius 2 is 1.52 bits per heavy atom. The van der Waals surface area contributed by atoms with E-state index in [1.54, 1.807) is 12.1 Å². The van der Waals surface area contributed by atoms with Crippen molar-refractivity contribution in [3.05, 3.63) is 30.3 Å². The maximum Gasteiger partial charge on any atom is 0.303 e. The number of anilines is 1. The highest BCUT2D eigenvalue weighted by Crippen LogP contribution is 2.13. The lowest BCUT2D eigenvalue weighted by Gasteiger charge is -2.27. The Morgan fingerprint density at radius 3 is 2.04 bits per heavy atom. The molecule has 0 aliphatic heterocycles. The van der Waals surface area contributed by atoms with Crippen LogP contribution in [0.3, 0.4) is 0 Å². The number of hydrogen-bond acceptors (Lipinski definition) is 8.